The van der Waals surface area contributed by atoms with Crippen molar-refractivity contribution in [1.29, 1.82) is 0 Å². The van der Waals surface area contributed by atoms with E-state index >= 15 is 0 Å². The van der Waals surface area contributed by atoms with E-state index in [9.17, 15) is 4.79 Å². The Morgan fingerprint density at radius 1 is 1.06 bits per heavy atom. The Hall–Kier alpha value is -1.77. The molecule has 0 aromatic heterocycles. The zero-order valence-electron chi connectivity index (χ0n) is 10.3. The van der Waals surface area contributed by atoms with Gasteiger partial charge in [-0.2, -0.15) is 0 Å². The lowest BCUT2D eigenvalue weighted by Crippen LogP contribution is -2.08. The Balaban J connectivity index is 2.78. The first-order chi connectivity index (χ1) is 7.50. The van der Waals surface area contributed by atoms with E-state index in [2.05, 4.69) is 0 Å². The molecule has 0 aliphatic heterocycles. The van der Waals surface area contributed by atoms with Gasteiger partial charge < -0.3 is 9.80 Å². The maximum absolute atomic E-state index is 11.7. The number of ketones is 1. The Kier molecular flexibility index (Phi) is 4.11. The lowest BCUT2D eigenvalue weighted by Gasteiger charge is -2.12. The molecule has 0 atom stereocenters. The molecule has 0 aliphatic rings. The summed E-state index contributed by atoms with van der Waals surface area (Å²) in [4.78, 5) is 15.5. The summed E-state index contributed by atoms with van der Waals surface area (Å²) in [7, 11) is 7.73. The number of hydrogen-bond acceptors (Lipinski definition) is 3. The summed E-state index contributed by atoms with van der Waals surface area (Å²) >= 11 is 0. The molecule has 0 fully saturated rings. The van der Waals surface area contributed by atoms with Gasteiger partial charge in [-0.1, -0.05) is 0 Å². The standard InChI is InChI=1S/C13H18N2O/c1-14(2)10-9-13(16)11-5-7-12(8-6-11)15(3)4/h5-10H,1-4H3/b10-9+. The van der Waals surface area contributed by atoms with Crippen LogP contribution in [0.5, 0.6) is 0 Å². The summed E-state index contributed by atoms with van der Waals surface area (Å²) < 4.78 is 0. The Morgan fingerprint density at radius 2 is 1.62 bits per heavy atom. The van der Waals surface area contributed by atoms with Crippen molar-refractivity contribution >= 4 is 11.5 Å². The van der Waals surface area contributed by atoms with Crippen molar-refractivity contribution in [1.82, 2.24) is 4.90 Å². The van der Waals surface area contributed by atoms with Crippen molar-refractivity contribution in [3.63, 3.8) is 0 Å². The Morgan fingerprint density at radius 3 is 2.06 bits per heavy atom. The monoisotopic (exact) mass is 218 g/mol. The molecule has 0 saturated carbocycles. The van der Waals surface area contributed by atoms with Crippen LogP contribution in [-0.4, -0.2) is 38.9 Å². The summed E-state index contributed by atoms with van der Waals surface area (Å²) in [6.45, 7) is 0. The summed E-state index contributed by atoms with van der Waals surface area (Å²) in [6, 6.07) is 7.57. The van der Waals surface area contributed by atoms with Gasteiger partial charge in [0.1, 0.15) is 0 Å². The predicted molar refractivity (Wildman–Crippen MR) is 67.9 cm³/mol. The van der Waals surface area contributed by atoms with Gasteiger partial charge in [0.2, 0.25) is 0 Å². The SMILES string of the molecule is CN(C)/C=C/C(=O)c1ccc(N(C)C)cc1. The second kappa shape index (κ2) is 5.35. The lowest BCUT2D eigenvalue weighted by molar-refractivity contribution is 0.104. The van der Waals surface area contributed by atoms with Crippen molar-refractivity contribution in [2.45, 2.75) is 0 Å². The molecule has 0 heterocycles. The molecule has 86 valence electrons. The zero-order valence-corrected chi connectivity index (χ0v) is 10.3. The van der Waals surface area contributed by atoms with Crippen LogP contribution in [-0.2, 0) is 0 Å². The van der Waals surface area contributed by atoms with Crippen molar-refractivity contribution in [2.24, 2.45) is 0 Å². The van der Waals surface area contributed by atoms with Crippen molar-refractivity contribution in [3.05, 3.63) is 42.1 Å². The van der Waals surface area contributed by atoms with Crippen molar-refractivity contribution in [2.75, 3.05) is 33.1 Å². The van der Waals surface area contributed by atoms with Gasteiger partial charge in [-0.25, -0.2) is 0 Å². The van der Waals surface area contributed by atoms with Crippen molar-refractivity contribution < 1.29 is 4.79 Å². The third-order valence-corrected chi connectivity index (χ3v) is 2.19. The highest BCUT2D eigenvalue weighted by Crippen LogP contribution is 2.12. The fraction of sp³-hybridized carbons (Fsp3) is 0.308. The predicted octanol–water partition coefficient (Wildman–Crippen LogP) is 2.01. The maximum Gasteiger partial charge on any atom is 0.187 e. The number of carbonyl (C=O) groups excluding carboxylic acids is 1. The molecule has 1 aromatic rings. The van der Waals surface area contributed by atoms with Crippen LogP contribution < -0.4 is 4.90 Å². The molecular formula is C13H18N2O. The van der Waals surface area contributed by atoms with Gasteiger partial charge in [0, 0.05) is 51.7 Å². The lowest BCUT2D eigenvalue weighted by atomic mass is 10.1. The molecular weight excluding hydrogens is 200 g/mol. The molecule has 0 radical (unpaired) electrons. The quantitative estimate of drug-likeness (QED) is 0.570. The Bertz CT molecular complexity index is 377. The largest absolute Gasteiger partial charge is 0.383 e. The molecule has 0 saturated heterocycles. The van der Waals surface area contributed by atoms with E-state index in [1.807, 2.05) is 62.3 Å². The normalized spacial score (nSPS) is 10.5. The fourth-order valence-corrected chi connectivity index (χ4v) is 1.24. The van der Waals surface area contributed by atoms with E-state index in [-0.39, 0.29) is 5.78 Å². The van der Waals surface area contributed by atoms with Gasteiger partial charge in [-0.05, 0) is 24.3 Å². The zero-order chi connectivity index (χ0) is 12.1. The number of carbonyl (C=O) groups is 1. The second-order valence-corrected chi connectivity index (χ2v) is 4.08. The molecule has 0 aliphatic carbocycles. The van der Waals surface area contributed by atoms with E-state index < -0.39 is 0 Å². The van der Waals surface area contributed by atoms with E-state index in [4.69, 9.17) is 0 Å². The summed E-state index contributed by atoms with van der Waals surface area (Å²) in [5.41, 5.74) is 1.80. The van der Waals surface area contributed by atoms with E-state index in [1.165, 1.54) is 0 Å². The number of allylic oxidation sites excluding steroid dienone is 1. The van der Waals surface area contributed by atoms with Gasteiger partial charge in [0.15, 0.2) is 5.78 Å². The van der Waals surface area contributed by atoms with E-state index in [1.54, 1.807) is 12.3 Å². The number of nitrogens with zero attached hydrogens (tertiary/aromatic N) is 2. The van der Waals surface area contributed by atoms with Crippen LogP contribution in [0.4, 0.5) is 5.69 Å². The number of anilines is 1. The number of hydrogen-bond donors (Lipinski definition) is 0. The molecule has 3 nitrogen and oxygen atoms in total. The molecule has 3 heteroatoms. The minimum atomic E-state index is 0.0269. The van der Waals surface area contributed by atoms with Gasteiger partial charge in [0.25, 0.3) is 0 Å². The van der Waals surface area contributed by atoms with Gasteiger partial charge in [0.05, 0.1) is 0 Å². The first kappa shape index (κ1) is 12.3. The van der Waals surface area contributed by atoms with Crippen LogP contribution in [0.25, 0.3) is 0 Å². The molecule has 0 spiro atoms. The average molecular weight is 218 g/mol. The molecule has 16 heavy (non-hydrogen) atoms. The highest BCUT2D eigenvalue weighted by atomic mass is 16.1. The molecule has 1 aromatic carbocycles. The third-order valence-electron chi connectivity index (χ3n) is 2.19. The van der Waals surface area contributed by atoms with Crippen LogP contribution in [0.2, 0.25) is 0 Å². The third kappa shape index (κ3) is 3.42. The minimum Gasteiger partial charge on any atom is -0.383 e. The van der Waals surface area contributed by atoms with Crippen LogP contribution in [0.1, 0.15) is 10.4 Å². The highest BCUT2D eigenvalue weighted by molar-refractivity contribution is 6.04. The van der Waals surface area contributed by atoms with Crippen LogP contribution in [0.3, 0.4) is 0 Å². The van der Waals surface area contributed by atoms with Crippen LogP contribution in [0, 0.1) is 0 Å². The van der Waals surface area contributed by atoms with Gasteiger partial charge in [-0.15, -0.1) is 0 Å². The molecule has 1 rings (SSSR count). The first-order valence-corrected chi connectivity index (χ1v) is 5.17. The second-order valence-electron chi connectivity index (χ2n) is 4.08. The van der Waals surface area contributed by atoms with Gasteiger partial charge >= 0.3 is 0 Å². The summed E-state index contributed by atoms with van der Waals surface area (Å²) in [6.07, 6.45) is 3.33. The molecule has 0 N–H and O–H groups in total. The van der Waals surface area contributed by atoms with Crippen molar-refractivity contribution in [3.8, 4) is 0 Å². The highest BCUT2D eigenvalue weighted by Gasteiger charge is 2.02. The smallest absolute Gasteiger partial charge is 0.187 e. The number of benzene rings is 1. The topological polar surface area (TPSA) is 23.6 Å². The average Bonchev–Trinajstić information content (AvgIpc) is 2.26. The first-order valence-electron chi connectivity index (χ1n) is 5.17. The molecule has 0 unspecified atom stereocenters. The van der Waals surface area contributed by atoms with E-state index in [0.717, 1.165) is 5.69 Å². The van der Waals surface area contributed by atoms with Gasteiger partial charge in [-0.3, -0.25) is 4.79 Å². The van der Waals surface area contributed by atoms with Crippen LogP contribution in [0.15, 0.2) is 36.5 Å². The Labute approximate surface area is 97.0 Å². The van der Waals surface area contributed by atoms with E-state index in [0.29, 0.717) is 5.56 Å². The van der Waals surface area contributed by atoms with Crippen LogP contribution >= 0.6 is 0 Å². The fourth-order valence-electron chi connectivity index (χ4n) is 1.24. The summed E-state index contributed by atoms with van der Waals surface area (Å²) in [5, 5.41) is 0. The molecule has 0 amide bonds. The minimum absolute atomic E-state index is 0.0269. The number of rotatable bonds is 4. The molecule has 0 bridgehead atoms. The summed E-state index contributed by atoms with van der Waals surface area (Å²) in [5.74, 6) is 0.0269. The maximum atomic E-state index is 11.7.